The maximum atomic E-state index is 13.0. The third kappa shape index (κ3) is 2.19. The van der Waals surface area contributed by atoms with Gasteiger partial charge < -0.3 is 11.1 Å². The highest BCUT2D eigenvalue weighted by Crippen LogP contribution is 2.24. The van der Waals surface area contributed by atoms with Gasteiger partial charge >= 0.3 is 0 Å². The normalized spacial score (nSPS) is 9.92. The smallest absolute Gasteiger partial charge is 0.147 e. The molecule has 0 unspecified atom stereocenters. The molecule has 0 aliphatic carbocycles. The van der Waals surface area contributed by atoms with Crippen LogP contribution in [0.15, 0.2) is 22.7 Å². The van der Waals surface area contributed by atoms with Crippen molar-refractivity contribution >= 4 is 21.6 Å². The number of para-hydroxylation sites is 1. The molecule has 0 aliphatic rings. The summed E-state index contributed by atoms with van der Waals surface area (Å²) >= 11 is 3.23. The number of nitrogens with one attached hydrogen (secondary N) is 1. The zero-order valence-corrected chi connectivity index (χ0v) is 8.07. The van der Waals surface area contributed by atoms with Crippen LogP contribution in [0.2, 0.25) is 0 Å². The lowest BCUT2D eigenvalue weighted by Crippen LogP contribution is -2.14. The Morgan fingerprint density at radius 2 is 2.25 bits per heavy atom. The third-order valence-electron chi connectivity index (χ3n) is 1.41. The van der Waals surface area contributed by atoms with E-state index in [1.807, 2.05) is 0 Å². The van der Waals surface area contributed by atoms with Gasteiger partial charge in [-0.05, 0) is 28.1 Å². The fourth-order valence-corrected chi connectivity index (χ4v) is 1.35. The van der Waals surface area contributed by atoms with Crippen molar-refractivity contribution in [3.05, 3.63) is 28.5 Å². The van der Waals surface area contributed by atoms with Crippen LogP contribution in [-0.2, 0) is 0 Å². The van der Waals surface area contributed by atoms with Crippen LogP contribution >= 0.6 is 15.9 Å². The SMILES string of the molecule is NCCNc1c(F)cccc1Br. The summed E-state index contributed by atoms with van der Waals surface area (Å²) in [4.78, 5) is 0. The quantitative estimate of drug-likeness (QED) is 0.837. The first-order valence-corrected chi connectivity index (χ1v) is 4.43. The van der Waals surface area contributed by atoms with Crippen LogP contribution in [0.1, 0.15) is 0 Å². The first kappa shape index (κ1) is 9.48. The van der Waals surface area contributed by atoms with Gasteiger partial charge in [-0.15, -0.1) is 0 Å². The Morgan fingerprint density at radius 1 is 1.50 bits per heavy atom. The van der Waals surface area contributed by atoms with Gasteiger partial charge in [0.25, 0.3) is 0 Å². The van der Waals surface area contributed by atoms with Crippen molar-refractivity contribution in [3.63, 3.8) is 0 Å². The van der Waals surface area contributed by atoms with Crippen LogP contribution in [-0.4, -0.2) is 13.1 Å². The molecule has 1 aromatic rings. The van der Waals surface area contributed by atoms with E-state index in [2.05, 4.69) is 21.2 Å². The molecule has 0 heterocycles. The highest BCUT2D eigenvalue weighted by Gasteiger charge is 2.03. The van der Waals surface area contributed by atoms with Gasteiger partial charge in [0.05, 0.1) is 5.69 Å². The zero-order chi connectivity index (χ0) is 8.97. The van der Waals surface area contributed by atoms with Crippen molar-refractivity contribution in [1.29, 1.82) is 0 Å². The standard InChI is InChI=1S/C8H10BrFN2/c9-6-2-1-3-7(10)8(6)12-5-4-11/h1-3,12H,4-5,11H2. The highest BCUT2D eigenvalue weighted by molar-refractivity contribution is 9.10. The second kappa shape index (κ2) is 4.42. The van der Waals surface area contributed by atoms with Crippen LogP contribution in [0.4, 0.5) is 10.1 Å². The summed E-state index contributed by atoms with van der Waals surface area (Å²) in [7, 11) is 0. The maximum absolute atomic E-state index is 13.0. The largest absolute Gasteiger partial charge is 0.380 e. The van der Waals surface area contributed by atoms with Crippen molar-refractivity contribution in [1.82, 2.24) is 0 Å². The van der Waals surface area contributed by atoms with Gasteiger partial charge in [-0.3, -0.25) is 0 Å². The Kier molecular flexibility index (Phi) is 3.49. The summed E-state index contributed by atoms with van der Waals surface area (Å²) < 4.78 is 13.8. The Bertz CT molecular complexity index is 245. The first-order chi connectivity index (χ1) is 5.75. The molecule has 0 amide bonds. The maximum Gasteiger partial charge on any atom is 0.147 e. The van der Waals surface area contributed by atoms with Crippen LogP contribution in [0.3, 0.4) is 0 Å². The predicted octanol–water partition coefficient (Wildman–Crippen LogP) is 1.96. The van der Waals surface area contributed by atoms with E-state index in [0.29, 0.717) is 18.8 Å². The van der Waals surface area contributed by atoms with Gasteiger partial charge in [-0.1, -0.05) is 6.07 Å². The molecule has 12 heavy (non-hydrogen) atoms. The average molecular weight is 233 g/mol. The number of hydrogen-bond acceptors (Lipinski definition) is 2. The highest BCUT2D eigenvalue weighted by atomic mass is 79.9. The van der Waals surface area contributed by atoms with E-state index in [-0.39, 0.29) is 5.82 Å². The van der Waals surface area contributed by atoms with Crippen LogP contribution in [0.25, 0.3) is 0 Å². The molecule has 4 heteroatoms. The second-order valence-corrected chi connectivity index (χ2v) is 3.17. The van der Waals surface area contributed by atoms with Gasteiger partial charge in [0.15, 0.2) is 0 Å². The minimum absolute atomic E-state index is 0.266. The molecule has 0 radical (unpaired) electrons. The predicted molar refractivity (Wildman–Crippen MR) is 51.6 cm³/mol. The molecule has 3 N–H and O–H groups in total. The molecule has 1 aromatic carbocycles. The average Bonchev–Trinajstić information content (AvgIpc) is 2.04. The molecule has 0 fully saturated rings. The summed E-state index contributed by atoms with van der Waals surface area (Å²) in [6.07, 6.45) is 0. The van der Waals surface area contributed by atoms with E-state index in [9.17, 15) is 4.39 Å². The van der Waals surface area contributed by atoms with Gasteiger partial charge in [0.2, 0.25) is 0 Å². The fraction of sp³-hybridized carbons (Fsp3) is 0.250. The molecule has 1 rings (SSSR count). The van der Waals surface area contributed by atoms with E-state index < -0.39 is 0 Å². The lowest BCUT2D eigenvalue weighted by molar-refractivity contribution is 0.629. The second-order valence-electron chi connectivity index (χ2n) is 2.31. The summed E-state index contributed by atoms with van der Waals surface area (Å²) in [6, 6.07) is 4.83. The number of rotatable bonds is 3. The molecule has 0 aliphatic heterocycles. The molecule has 0 bridgehead atoms. The van der Waals surface area contributed by atoms with Crippen LogP contribution < -0.4 is 11.1 Å². The number of anilines is 1. The van der Waals surface area contributed by atoms with Crippen molar-refractivity contribution in [2.45, 2.75) is 0 Å². The molecule has 0 atom stereocenters. The number of halogens is 2. The van der Waals surface area contributed by atoms with Crippen LogP contribution in [0, 0.1) is 5.82 Å². The van der Waals surface area contributed by atoms with E-state index in [4.69, 9.17) is 5.73 Å². The molecule has 2 nitrogen and oxygen atoms in total. The Balaban J connectivity index is 2.81. The zero-order valence-electron chi connectivity index (χ0n) is 6.48. The first-order valence-electron chi connectivity index (χ1n) is 3.63. The van der Waals surface area contributed by atoms with Gasteiger partial charge in [-0.25, -0.2) is 4.39 Å². The summed E-state index contributed by atoms with van der Waals surface area (Å²) in [5, 5.41) is 2.88. The van der Waals surface area contributed by atoms with Crippen molar-refractivity contribution in [3.8, 4) is 0 Å². The summed E-state index contributed by atoms with van der Waals surface area (Å²) in [5.41, 5.74) is 5.75. The summed E-state index contributed by atoms with van der Waals surface area (Å²) in [6.45, 7) is 1.06. The number of benzene rings is 1. The van der Waals surface area contributed by atoms with Crippen molar-refractivity contribution < 1.29 is 4.39 Å². The molecule has 0 spiro atoms. The third-order valence-corrected chi connectivity index (χ3v) is 2.07. The van der Waals surface area contributed by atoms with Crippen LogP contribution in [0.5, 0.6) is 0 Å². The van der Waals surface area contributed by atoms with Gasteiger partial charge in [0, 0.05) is 17.6 Å². The molecule has 0 saturated heterocycles. The molecular formula is C8H10BrFN2. The topological polar surface area (TPSA) is 38.0 Å². The number of nitrogens with two attached hydrogens (primary N) is 1. The van der Waals surface area contributed by atoms with E-state index >= 15 is 0 Å². The minimum atomic E-state index is -0.266. The Hall–Kier alpha value is -0.610. The monoisotopic (exact) mass is 232 g/mol. The molecule has 66 valence electrons. The van der Waals surface area contributed by atoms with Gasteiger partial charge in [0.1, 0.15) is 5.82 Å². The van der Waals surface area contributed by atoms with E-state index in [1.54, 1.807) is 12.1 Å². The lowest BCUT2D eigenvalue weighted by Gasteiger charge is -2.07. The Labute approximate surface area is 79.1 Å². The summed E-state index contributed by atoms with van der Waals surface area (Å²) in [5.74, 6) is -0.266. The van der Waals surface area contributed by atoms with E-state index in [1.165, 1.54) is 6.07 Å². The van der Waals surface area contributed by atoms with Crippen molar-refractivity contribution in [2.75, 3.05) is 18.4 Å². The molecule has 0 aromatic heterocycles. The van der Waals surface area contributed by atoms with Gasteiger partial charge in [-0.2, -0.15) is 0 Å². The number of hydrogen-bond donors (Lipinski definition) is 2. The lowest BCUT2D eigenvalue weighted by atomic mass is 10.3. The molecule has 0 saturated carbocycles. The van der Waals surface area contributed by atoms with Crippen molar-refractivity contribution in [2.24, 2.45) is 5.73 Å². The molecular weight excluding hydrogens is 223 g/mol. The minimum Gasteiger partial charge on any atom is -0.380 e. The van der Waals surface area contributed by atoms with E-state index in [0.717, 1.165) is 4.47 Å². The Morgan fingerprint density at radius 3 is 2.83 bits per heavy atom. The fourth-order valence-electron chi connectivity index (χ4n) is 0.864.